The van der Waals surface area contributed by atoms with Gasteiger partial charge >= 0.3 is 5.97 Å². The topological polar surface area (TPSA) is 100 Å². The number of hydrogen-bond acceptors (Lipinski definition) is 6. The first-order valence-corrected chi connectivity index (χ1v) is 11.5. The van der Waals surface area contributed by atoms with Crippen LogP contribution in [0.15, 0.2) is 6.07 Å². The highest BCUT2D eigenvalue weighted by Crippen LogP contribution is 2.37. The van der Waals surface area contributed by atoms with Gasteiger partial charge in [-0.3, -0.25) is 14.2 Å². The Hall–Kier alpha value is -2.68. The number of esters is 1. The number of ether oxygens (including phenoxy) is 2. The summed E-state index contributed by atoms with van der Waals surface area (Å²) in [6.07, 6.45) is 5.08. The molecule has 2 aromatic heterocycles. The van der Waals surface area contributed by atoms with E-state index in [1.165, 1.54) is 0 Å². The van der Waals surface area contributed by atoms with Crippen molar-refractivity contribution in [2.24, 2.45) is 12.5 Å². The summed E-state index contributed by atoms with van der Waals surface area (Å²) in [6.45, 7) is 7.08. The van der Waals surface area contributed by atoms with E-state index >= 15 is 0 Å². The monoisotopic (exact) mass is 443 g/mol. The fourth-order valence-electron chi connectivity index (χ4n) is 4.66. The van der Waals surface area contributed by atoms with Crippen LogP contribution in [0.1, 0.15) is 70.5 Å². The van der Waals surface area contributed by atoms with Crippen molar-refractivity contribution >= 4 is 11.9 Å². The Morgan fingerprint density at radius 2 is 2.06 bits per heavy atom. The second-order valence-electron chi connectivity index (χ2n) is 8.95. The lowest BCUT2D eigenvalue weighted by atomic mass is 9.75. The molecule has 2 aromatic rings. The molecule has 0 atom stereocenters. The predicted molar refractivity (Wildman–Crippen MR) is 118 cm³/mol. The molecule has 0 radical (unpaired) electrons. The first kappa shape index (κ1) is 22.5. The number of unbranched alkanes of at least 4 members (excludes halogenated alkanes) is 1. The molecule has 4 rings (SSSR count). The van der Waals surface area contributed by atoms with Gasteiger partial charge in [0, 0.05) is 44.6 Å². The van der Waals surface area contributed by atoms with Gasteiger partial charge in [-0.1, -0.05) is 0 Å². The minimum absolute atomic E-state index is 0.0245. The van der Waals surface area contributed by atoms with Gasteiger partial charge in [-0.2, -0.15) is 10.2 Å². The average Bonchev–Trinajstić information content (AvgIpc) is 3.27. The number of fused-ring (bicyclic) bond motifs is 1. The SMILES string of the molecule is CCn1nc(CCCCOC(=O)c2cc(C)n(C)n2)c2c1C(=O)NCC1(CCOCC1)C2. The van der Waals surface area contributed by atoms with Crippen LogP contribution in [-0.2, 0) is 35.9 Å². The summed E-state index contributed by atoms with van der Waals surface area (Å²) in [6, 6.07) is 1.73. The maximum Gasteiger partial charge on any atom is 0.358 e. The molecule has 0 aliphatic carbocycles. The van der Waals surface area contributed by atoms with Crippen LogP contribution < -0.4 is 5.32 Å². The minimum Gasteiger partial charge on any atom is -0.461 e. The van der Waals surface area contributed by atoms with Crippen molar-refractivity contribution in [2.75, 3.05) is 26.4 Å². The molecule has 1 saturated heterocycles. The van der Waals surface area contributed by atoms with Crippen molar-refractivity contribution in [3.63, 3.8) is 0 Å². The van der Waals surface area contributed by atoms with E-state index in [-0.39, 0.29) is 11.3 Å². The van der Waals surface area contributed by atoms with Crippen LogP contribution in [0.3, 0.4) is 0 Å². The first-order valence-electron chi connectivity index (χ1n) is 11.5. The lowest BCUT2D eigenvalue weighted by molar-refractivity contribution is 0.0160. The third-order valence-corrected chi connectivity index (χ3v) is 6.74. The molecule has 1 fully saturated rings. The zero-order valence-corrected chi connectivity index (χ0v) is 19.3. The summed E-state index contributed by atoms with van der Waals surface area (Å²) < 4.78 is 14.5. The van der Waals surface area contributed by atoms with Gasteiger partial charge in [-0.05, 0) is 63.9 Å². The van der Waals surface area contributed by atoms with Crippen molar-refractivity contribution in [1.82, 2.24) is 24.9 Å². The number of rotatable bonds is 7. The third-order valence-electron chi connectivity index (χ3n) is 6.74. The molecular weight excluding hydrogens is 410 g/mol. The Balaban J connectivity index is 1.39. The summed E-state index contributed by atoms with van der Waals surface area (Å²) in [5, 5.41) is 12.1. The van der Waals surface area contributed by atoms with Crippen LogP contribution in [0.5, 0.6) is 0 Å². The fraction of sp³-hybridized carbons (Fsp3) is 0.652. The Morgan fingerprint density at radius 1 is 1.28 bits per heavy atom. The number of carbonyl (C=O) groups excluding carboxylic acids is 2. The molecule has 1 spiro atoms. The molecule has 1 amide bonds. The summed E-state index contributed by atoms with van der Waals surface area (Å²) in [4.78, 5) is 25.0. The van der Waals surface area contributed by atoms with Crippen LogP contribution >= 0.6 is 0 Å². The Labute approximate surface area is 188 Å². The van der Waals surface area contributed by atoms with E-state index in [1.807, 2.05) is 18.5 Å². The highest BCUT2D eigenvalue weighted by Gasteiger charge is 2.39. The molecule has 9 nitrogen and oxygen atoms in total. The van der Waals surface area contributed by atoms with Crippen LogP contribution in [0.25, 0.3) is 0 Å². The van der Waals surface area contributed by atoms with E-state index in [0.29, 0.717) is 31.1 Å². The molecule has 32 heavy (non-hydrogen) atoms. The van der Waals surface area contributed by atoms with Gasteiger partial charge in [0.2, 0.25) is 0 Å². The summed E-state index contributed by atoms with van der Waals surface area (Å²) >= 11 is 0. The minimum atomic E-state index is -0.393. The van der Waals surface area contributed by atoms with Gasteiger partial charge < -0.3 is 14.8 Å². The number of carbonyl (C=O) groups is 2. The third kappa shape index (κ3) is 4.57. The highest BCUT2D eigenvalue weighted by molar-refractivity contribution is 5.94. The highest BCUT2D eigenvalue weighted by atomic mass is 16.5. The molecule has 4 heterocycles. The molecular formula is C23H33N5O4. The Kier molecular flexibility index (Phi) is 6.64. The fourth-order valence-corrected chi connectivity index (χ4v) is 4.66. The molecule has 0 unspecified atom stereocenters. The van der Waals surface area contributed by atoms with Crippen LogP contribution in [0, 0.1) is 12.3 Å². The van der Waals surface area contributed by atoms with E-state index in [4.69, 9.17) is 14.6 Å². The van der Waals surface area contributed by atoms with Crippen molar-refractivity contribution in [2.45, 2.75) is 58.9 Å². The normalized spacial score (nSPS) is 17.7. The Morgan fingerprint density at radius 3 is 2.75 bits per heavy atom. The van der Waals surface area contributed by atoms with Crippen LogP contribution in [-0.4, -0.2) is 57.8 Å². The van der Waals surface area contributed by atoms with Crippen molar-refractivity contribution in [3.8, 4) is 0 Å². The Bertz CT molecular complexity index is 967. The first-order chi connectivity index (χ1) is 15.4. The second kappa shape index (κ2) is 9.44. The summed E-state index contributed by atoms with van der Waals surface area (Å²) in [5.41, 5.74) is 4.09. The summed E-state index contributed by atoms with van der Waals surface area (Å²) in [5.74, 6) is -0.417. The van der Waals surface area contributed by atoms with Gasteiger partial charge in [0.15, 0.2) is 5.69 Å². The molecule has 2 aliphatic rings. The lowest BCUT2D eigenvalue weighted by Crippen LogP contribution is -2.40. The number of nitrogens with one attached hydrogen (secondary N) is 1. The average molecular weight is 444 g/mol. The predicted octanol–water partition coefficient (Wildman–Crippen LogP) is 2.21. The molecule has 2 aliphatic heterocycles. The lowest BCUT2D eigenvalue weighted by Gasteiger charge is -2.36. The van der Waals surface area contributed by atoms with Crippen molar-refractivity contribution in [1.29, 1.82) is 0 Å². The molecule has 174 valence electrons. The number of aryl methyl sites for hydroxylation is 4. The summed E-state index contributed by atoms with van der Waals surface area (Å²) in [7, 11) is 1.80. The zero-order chi connectivity index (χ0) is 22.7. The van der Waals surface area contributed by atoms with Crippen molar-refractivity contribution in [3.05, 3.63) is 34.4 Å². The standard InChI is InChI=1S/C23H33N5O4/c1-4-28-20-17(14-23(15-24-21(20)29)8-11-31-12-9-23)18(26-28)7-5-6-10-32-22(30)19-13-16(2)27(3)25-19/h13H,4-12,14-15H2,1-3H3,(H,24,29). The van der Waals surface area contributed by atoms with E-state index < -0.39 is 5.97 Å². The number of amides is 1. The van der Waals surface area contributed by atoms with Gasteiger partial charge in [0.05, 0.1) is 12.3 Å². The maximum absolute atomic E-state index is 12.9. The van der Waals surface area contributed by atoms with E-state index in [0.717, 1.165) is 68.7 Å². The molecule has 0 aromatic carbocycles. The molecule has 0 bridgehead atoms. The van der Waals surface area contributed by atoms with Gasteiger partial charge in [-0.25, -0.2) is 4.79 Å². The van der Waals surface area contributed by atoms with Crippen molar-refractivity contribution < 1.29 is 19.1 Å². The van der Waals surface area contributed by atoms with Gasteiger partial charge in [0.1, 0.15) is 5.69 Å². The van der Waals surface area contributed by atoms with E-state index in [1.54, 1.807) is 17.8 Å². The number of nitrogens with zero attached hydrogens (tertiary/aromatic N) is 4. The maximum atomic E-state index is 12.9. The van der Waals surface area contributed by atoms with Gasteiger partial charge in [0.25, 0.3) is 5.91 Å². The van der Waals surface area contributed by atoms with Crippen LogP contribution in [0.2, 0.25) is 0 Å². The molecule has 9 heteroatoms. The zero-order valence-electron chi connectivity index (χ0n) is 19.3. The van der Waals surface area contributed by atoms with Crippen LogP contribution in [0.4, 0.5) is 0 Å². The second-order valence-corrected chi connectivity index (χ2v) is 8.95. The van der Waals surface area contributed by atoms with Gasteiger partial charge in [-0.15, -0.1) is 0 Å². The quantitative estimate of drug-likeness (QED) is 0.520. The number of aromatic nitrogens is 4. The smallest absolute Gasteiger partial charge is 0.358 e. The van der Waals surface area contributed by atoms with E-state index in [9.17, 15) is 9.59 Å². The van der Waals surface area contributed by atoms with E-state index in [2.05, 4.69) is 10.4 Å². The largest absolute Gasteiger partial charge is 0.461 e. The molecule has 1 N–H and O–H groups in total. The number of hydrogen-bond donors (Lipinski definition) is 1. The molecule has 0 saturated carbocycles.